The van der Waals surface area contributed by atoms with E-state index in [9.17, 15) is 4.79 Å². The first-order valence-electron chi connectivity index (χ1n) is 7.06. The molecule has 104 valence electrons. The highest BCUT2D eigenvalue weighted by molar-refractivity contribution is 5.96. The fourth-order valence-corrected chi connectivity index (χ4v) is 2.99. The molecule has 1 aromatic carbocycles. The predicted molar refractivity (Wildman–Crippen MR) is 76.5 cm³/mol. The molecule has 2 rings (SSSR count). The summed E-state index contributed by atoms with van der Waals surface area (Å²) < 4.78 is 5.17. The van der Waals surface area contributed by atoms with Gasteiger partial charge in [0.2, 0.25) is 0 Å². The number of Topliss-reactive ketones (excluding diaryl/α,β-unsaturated/α-hetero) is 1. The van der Waals surface area contributed by atoms with Gasteiger partial charge >= 0.3 is 0 Å². The molecule has 3 nitrogen and oxygen atoms in total. The monoisotopic (exact) mass is 261 g/mol. The summed E-state index contributed by atoms with van der Waals surface area (Å²) in [5, 5.41) is 0. The van der Waals surface area contributed by atoms with E-state index in [1.54, 1.807) is 7.11 Å². The third-order valence-corrected chi connectivity index (χ3v) is 4.27. The van der Waals surface area contributed by atoms with Gasteiger partial charge in [-0.15, -0.1) is 0 Å². The van der Waals surface area contributed by atoms with Gasteiger partial charge in [0.05, 0.1) is 7.11 Å². The Kier molecular flexibility index (Phi) is 4.59. The molecular weight excluding hydrogens is 238 g/mol. The quantitative estimate of drug-likeness (QED) is 0.828. The molecule has 0 aliphatic heterocycles. The number of methoxy groups -OCH3 is 1. The van der Waals surface area contributed by atoms with Gasteiger partial charge in [-0.05, 0) is 36.9 Å². The molecule has 0 unspecified atom stereocenters. The van der Waals surface area contributed by atoms with Gasteiger partial charge in [0, 0.05) is 12.0 Å². The van der Waals surface area contributed by atoms with Crippen LogP contribution in [0.25, 0.3) is 0 Å². The van der Waals surface area contributed by atoms with Crippen molar-refractivity contribution in [2.45, 2.75) is 38.5 Å². The molecule has 1 aliphatic rings. The Morgan fingerprint density at radius 3 is 2.68 bits per heavy atom. The molecular formula is C16H23NO2. The van der Waals surface area contributed by atoms with Gasteiger partial charge in [-0.2, -0.15) is 0 Å². The topological polar surface area (TPSA) is 52.3 Å². The predicted octanol–water partition coefficient (Wildman–Crippen LogP) is 3.18. The molecule has 1 aromatic rings. The molecule has 0 spiro atoms. The van der Waals surface area contributed by atoms with E-state index in [4.69, 9.17) is 10.5 Å². The smallest absolute Gasteiger partial charge is 0.163 e. The second kappa shape index (κ2) is 6.20. The maximum atomic E-state index is 12.4. The van der Waals surface area contributed by atoms with Crippen molar-refractivity contribution in [2.75, 3.05) is 13.7 Å². The van der Waals surface area contributed by atoms with Crippen LogP contribution in [0, 0.1) is 5.41 Å². The molecule has 0 bridgehead atoms. The van der Waals surface area contributed by atoms with E-state index >= 15 is 0 Å². The number of hydrogen-bond acceptors (Lipinski definition) is 3. The fourth-order valence-electron chi connectivity index (χ4n) is 2.99. The Bertz CT molecular complexity index is 436. The second-order valence-corrected chi connectivity index (χ2v) is 5.60. The van der Waals surface area contributed by atoms with Crippen LogP contribution in [0.1, 0.15) is 48.9 Å². The summed E-state index contributed by atoms with van der Waals surface area (Å²) in [5.74, 6) is 0.919. The van der Waals surface area contributed by atoms with Gasteiger partial charge in [0.15, 0.2) is 5.78 Å². The molecule has 0 heterocycles. The number of nitrogens with two attached hydrogens (primary N) is 1. The van der Waals surface area contributed by atoms with Crippen molar-refractivity contribution in [3.63, 3.8) is 0 Å². The highest BCUT2D eigenvalue weighted by Crippen LogP contribution is 2.39. The van der Waals surface area contributed by atoms with Crippen LogP contribution in [0.2, 0.25) is 0 Å². The van der Waals surface area contributed by atoms with Crippen molar-refractivity contribution in [1.82, 2.24) is 0 Å². The van der Waals surface area contributed by atoms with Crippen molar-refractivity contribution in [2.24, 2.45) is 11.1 Å². The zero-order chi connectivity index (χ0) is 13.7. The summed E-state index contributed by atoms with van der Waals surface area (Å²) >= 11 is 0. The van der Waals surface area contributed by atoms with Crippen LogP contribution in [0.15, 0.2) is 24.3 Å². The van der Waals surface area contributed by atoms with E-state index in [2.05, 4.69) is 0 Å². The Labute approximate surface area is 115 Å². The van der Waals surface area contributed by atoms with Gasteiger partial charge in [-0.3, -0.25) is 4.79 Å². The number of carbonyl (C=O) groups excluding carboxylic acids is 1. The van der Waals surface area contributed by atoms with Crippen LogP contribution >= 0.6 is 0 Å². The third kappa shape index (κ3) is 3.35. The molecule has 19 heavy (non-hydrogen) atoms. The van der Waals surface area contributed by atoms with Gasteiger partial charge < -0.3 is 10.5 Å². The minimum atomic E-state index is 0.0262. The lowest BCUT2D eigenvalue weighted by molar-refractivity contribution is 0.0867. The average molecular weight is 261 g/mol. The van der Waals surface area contributed by atoms with Crippen LogP contribution in [0.3, 0.4) is 0 Å². The first-order valence-corrected chi connectivity index (χ1v) is 7.06. The van der Waals surface area contributed by atoms with Crippen molar-refractivity contribution < 1.29 is 9.53 Å². The Hall–Kier alpha value is -1.35. The fraction of sp³-hybridized carbons (Fsp3) is 0.562. The normalized spacial score (nSPS) is 18.0. The van der Waals surface area contributed by atoms with Gasteiger partial charge in [0.1, 0.15) is 5.75 Å². The summed E-state index contributed by atoms with van der Waals surface area (Å²) in [4.78, 5) is 12.4. The largest absolute Gasteiger partial charge is 0.497 e. The van der Waals surface area contributed by atoms with Crippen molar-refractivity contribution in [3.8, 4) is 5.75 Å². The Balaban J connectivity index is 2.10. The minimum absolute atomic E-state index is 0.0262. The van der Waals surface area contributed by atoms with E-state index in [1.807, 2.05) is 24.3 Å². The van der Waals surface area contributed by atoms with Crippen molar-refractivity contribution >= 4 is 5.78 Å². The zero-order valence-corrected chi connectivity index (χ0v) is 11.7. The third-order valence-electron chi connectivity index (χ3n) is 4.27. The molecule has 2 N–H and O–H groups in total. The number of carbonyl (C=O) groups is 1. The summed E-state index contributed by atoms with van der Waals surface area (Å²) in [6.45, 7) is 0.614. The van der Waals surface area contributed by atoms with Crippen molar-refractivity contribution in [1.29, 1.82) is 0 Å². The lowest BCUT2D eigenvalue weighted by Gasteiger charge is -2.35. The molecule has 0 atom stereocenters. The lowest BCUT2D eigenvalue weighted by Crippen LogP contribution is -2.35. The van der Waals surface area contributed by atoms with E-state index < -0.39 is 0 Å². The lowest BCUT2D eigenvalue weighted by atomic mass is 9.70. The van der Waals surface area contributed by atoms with Crippen LogP contribution in [-0.4, -0.2) is 19.4 Å². The number of ketones is 1. The van der Waals surface area contributed by atoms with Crippen LogP contribution in [-0.2, 0) is 0 Å². The SMILES string of the molecule is COc1cccc(C(=O)CC2(CN)CCCCC2)c1. The number of hydrogen-bond donors (Lipinski definition) is 1. The molecule has 1 aliphatic carbocycles. The van der Waals surface area contributed by atoms with Crippen LogP contribution < -0.4 is 10.5 Å². The molecule has 0 radical (unpaired) electrons. The molecule has 1 saturated carbocycles. The highest BCUT2D eigenvalue weighted by atomic mass is 16.5. The van der Waals surface area contributed by atoms with Gasteiger partial charge in [-0.1, -0.05) is 31.4 Å². The molecule has 0 aromatic heterocycles. The molecule has 0 saturated heterocycles. The first kappa shape index (κ1) is 14.1. The van der Waals surface area contributed by atoms with E-state index in [1.165, 1.54) is 19.3 Å². The Morgan fingerprint density at radius 1 is 1.32 bits per heavy atom. The van der Waals surface area contributed by atoms with E-state index in [0.29, 0.717) is 13.0 Å². The summed E-state index contributed by atoms with van der Waals surface area (Å²) in [6.07, 6.45) is 6.40. The standard InChI is InChI=1S/C16H23NO2/c1-19-14-7-5-6-13(10-14)15(18)11-16(12-17)8-3-2-4-9-16/h5-7,10H,2-4,8-9,11-12,17H2,1H3. The zero-order valence-electron chi connectivity index (χ0n) is 11.7. The maximum Gasteiger partial charge on any atom is 0.163 e. The first-order chi connectivity index (χ1) is 9.19. The Morgan fingerprint density at radius 2 is 2.05 bits per heavy atom. The minimum Gasteiger partial charge on any atom is -0.497 e. The van der Waals surface area contributed by atoms with Gasteiger partial charge in [-0.25, -0.2) is 0 Å². The highest BCUT2D eigenvalue weighted by Gasteiger charge is 2.33. The van der Waals surface area contributed by atoms with E-state index in [-0.39, 0.29) is 11.2 Å². The molecule has 0 amide bonds. The number of rotatable bonds is 5. The van der Waals surface area contributed by atoms with Gasteiger partial charge in [0.25, 0.3) is 0 Å². The maximum absolute atomic E-state index is 12.4. The summed E-state index contributed by atoms with van der Waals surface area (Å²) in [5.41, 5.74) is 6.70. The number of ether oxygens (including phenoxy) is 1. The second-order valence-electron chi connectivity index (χ2n) is 5.60. The molecule has 3 heteroatoms. The number of benzene rings is 1. The average Bonchev–Trinajstić information content (AvgIpc) is 2.48. The summed E-state index contributed by atoms with van der Waals surface area (Å²) in [6, 6.07) is 7.39. The summed E-state index contributed by atoms with van der Waals surface area (Å²) in [7, 11) is 1.62. The van der Waals surface area contributed by atoms with Crippen LogP contribution in [0.5, 0.6) is 5.75 Å². The van der Waals surface area contributed by atoms with E-state index in [0.717, 1.165) is 24.2 Å². The van der Waals surface area contributed by atoms with Crippen LogP contribution in [0.4, 0.5) is 0 Å². The van der Waals surface area contributed by atoms with Crippen molar-refractivity contribution in [3.05, 3.63) is 29.8 Å². The molecule has 1 fully saturated rings.